The molecule has 0 unspecified atom stereocenters. The molecule has 1 aliphatic rings. The van der Waals surface area contributed by atoms with Crippen molar-refractivity contribution in [2.75, 3.05) is 20.2 Å². The molecule has 4 rings (SSSR count). The van der Waals surface area contributed by atoms with Crippen LogP contribution in [0.1, 0.15) is 39.9 Å². The Labute approximate surface area is 211 Å². The number of carbonyl (C=O) groups excluding carboxylic acids is 2. The van der Waals surface area contributed by atoms with Gasteiger partial charge in [0.25, 0.3) is 5.91 Å². The van der Waals surface area contributed by atoms with Gasteiger partial charge in [-0.25, -0.2) is 5.43 Å². The standard InChI is InChI=1S/C29H31N3O4/c1-21-8-6-7-11-25(21)29(34)32-16-14-24(15-17-32)28(33)31-30-19-23-12-13-26(27(18-23)35-2)36-20-22-9-4-3-5-10-22/h3-13,18-19,24H,14-17,20H2,1-2H3,(H,31,33)/b30-19-. The fraction of sp³-hybridized carbons (Fsp3) is 0.276. The van der Waals surface area contributed by atoms with Gasteiger partial charge in [0.1, 0.15) is 6.61 Å². The van der Waals surface area contributed by atoms with E-state index in [9.17, 15) is 9.59 Å². The number of piperidine rings is 1. The summed E-state index contributed by atoms with van der Waals surface area (Å²) in [5.41, 5.74) is 6.16. The highest BCUT2D eigenvalue weighted by Gasteiger charge is 2.28. The van der Waals surface area contributed by atoms with Crippen LogP contribution in [0.15, 0.2) is 77.9 Å². The Morgan fingerprint density at radius 3 is 2.44 bits per heavy atom. The van der Waals surface area contributed by atoms with Gasteiger partial charge in [0.05, 0.1) is 13.3 Å². The second-order valence-electron chi connectivity index (χ2n) is 8.80. The van der Waals surface area contributed by atoms with Crippen LogP contribution < -0.4 is 14.9 Å². The Balaban J connectivity index is 1.27. The van der Waals surface area contributed by atoms with Crippen LogP contribution in [-0.4, -0.2) is 43.1 Å². The zero-order valence-corrected chi connectivity index (χ0v) is 20.6. The molecule has 0 bridgehead atoms. The number of hydrogen-bond acceptors (Lipinski definition) is 5. The average molecular weight is 486 g/mol. The summed E-state index contributed by atoms with van der Waals surface area (Å²) >= 11 is 0. The molecule has 1 N–H and O–H groups in total. The Bertz CT molecular complexity index is 1220. The molecule has 186 valence electrons. The maximum absolute atomic E-state index is 12.8. The van der Waals surface area contributed by atoms with Crippen LogP contribution in [0.4, 0.5) is 0 Å². The number of rotatable bonds is 8. The van der Waals surface area contributed by atoms with E-state index in [4.69, 9.17) is 9.47 Å². The topological polar surface area (TPSA) is 80.2 Å². The van der Waals surface area contributed by atoms with Crippen LogP contribution in [0.3, 0.4) is 0 Å². The molecule has 0 saturated carbocycles. The maximum Gasteiger partial charge on any atom is 0.254 e. The lowest BCUT2D eigenvalue weighted by molar-refractivity contribution is -0.126. The van der Waals surface area contributed by atoms with Crippen LogP contribution in [0.25, 0.3) is 0 Å². The SMILES string of the molecule is COc1cc(/C=N\NC(=O)C2CCN(C(=O)c3ccccc3C)CC2)ccc1OCc1ccccc1. The molecule has 0 spiro atoms. The molecule has 3 aromatic carbocycles. The zero-order chi connectivity index (χ0) is 25.3. The number of aryl methyl sites for hydroxylation is 1. The molecule has 36 heavy (non-hydrogen) atoms. The first-order chi connectivity index (χ1) is 17.5. The molecule has 0 radical (unpaired) electrons. The third-order valence-corrected chi connectivity index (χ3v) is 6.34. The van der Waals surface area contributed by atoms with Gasteiger partial charge in [-0.2, -0.15) is 5.10 Å². The quantitative estimate of drug-likeness (QED) is 0.374. The molecule has 1 saturated heterocycles. The van der Waals surface area contributed by atoms with Crippen molar-refractivity contribution in [2.45, 2.75) is 26.4 Å². The normalized spacial score (nSPS) is 14.0. The molecular weight excluding hydrogens is 454 g/mol. The highest BCUT2D eigenvalue weighted by Crippen LogP contribution is 2.28. The minimum Gasteiger partial charge on any atom is -0.493 e. The summed E-state index contributed by atoms with van der Waals surface area (Å²) in [6.07, 6.45) is 2.80. The molecule has 1 fully saturated rings. The van der Waals surface area contributed by atoms with Crippen molar-refractivity contribution in [1.29, 1.82) is 0 Å². The maximum atomic E-state index is 12.8. The molecule has 0 atom stereocenters. The predicted octanol–water partition coefficient (Wildman–Crippen LogP) is 4.59. The van der Waals surface area contributed by atoms with Crippen LogP contribution in [0.5, 0.6) is 11.5 Å². The fourth-order valence-electron chi connectivity index (χ4n) is 4.21. The van der Waals surface area contributed by atoms with Gasteiger partial charge in [-0.05, 0) is 60.7 Å². The Morgan fingerprint density at radius 1 is 1.00 bits per heavy atom. The van der Waals surface area contributed by atoms with E-state index in [2.05, 4.69) is 10.5 Å². The number of ether oxygens (including phenoxy) is 2. The zero-order valence-electron chi connectivity index (χ0n) is 20.6. The summed E-state index contributed by atoms with van der Waals surface area (Å²) in [5.74, 6) is 0.937. The number of benzene rings is 3. The van der Waals surface area contributed by atoms with Crippen molar-refractivity contribution < 1.29 is 19.1 Å². The number of hydrogen-bond donors (Lipinski definition) is 1. The third kappa shape index (κ3) is 6.30. The Morgan fingerprint density at radius 2 is 1.72 bits per heavy atom. The van der Waals surface area contributed by atoms with Gasteiger partial charge in [-0.3, -0.25) is 9.59 Å². The summed E-state index contributed by atoms with van der Waals surface area (Å²) < 4.78 is 11.3. The van der Waals surface area contributed by atoms with Gasteiger partial charge in [0.2, 0.25) is 5.91 Å². The first-order valence-electron chi connectivity index (χ1n) is 12.1. The Hall–Kier alpha value is -4.13. The first kappa shape index (κ1) is 25.0. The van der Waals surface area contributed by atoms with Crippen LogP contribution in [-0.2, 0) is 11.4 Å². The van der Waals surface area contributed by atoms with E-state index in [1.807, 2.05) is 84.6 Å². The van der Waals surface area contributed by atoms with Crippen LogP contribution >= 0.6 is 0 Å². The molecule has 3 aromatic rings. The van der Waals surface area contributed by atoms with Crippen molar-refractivity contribution in [1.82, 2.24) is 10.3 Å². The third-order valence-electron chi connectivity index (χ3n) is 6.34. The largest absolute Gasteiger partial charge is 0.493 e. The Kier molecular flexibility index (Phi) is 8.34. The number of amides is 2. The molecule has 1 heterocycles. The summed E-state index contributed by atoms with van der Waals surface area (Å²) in [5, 5.41) is 4.13. The lowest BCUT2D eigenvalue weighted by atomic mass is 9.95. The second-order valence-corrected chi connectivity index (χ2v) is 8.80. The minimum absolute atomic E-state index is 0.0233. The molecule has 1 aliphatic heterocycles. The highest BCUT2D eigenvalue weighted by molar-refractivity contribution is 5.95. The van der Waals surface area contributed by atoms with Crippen molar-refractivity contribution in [3.8, 4) is 11.5 Å². The van der Waals surface area contributed by atoms with Gasteiger partial charge in [-0.15, -0.1) is 0 Å². The monoisotopic (exact) mass is 485 g/mol. The van der Waals surface area contributed by atoms with E-state index in [1.54, 1.807) is 13.3 Å². The van der Waals surface area contributed by atoms with Crippen molar-refractivity contribution in [3.63, 3.8) is 0 Å². The lowest BCUT2D eigenvalue weighted by Gasteiger charge is -2.31. The first-order valence-corrected chi connectivity index (χ1v) is 12.1. The van der Waals surface area contributed by atoms with Gasteiger partial charge < -0.3 is 14.4 Å². The summed E-state index contributed by atoms with van der Waals surface area (Å²) in [7, 11) is 1.59. The minimum atomic E-state index is -0.175. The number of nitrogens with zero attached hydrogens (tertiary/aromatic N) is 2. The number of methoxy groups -OCH3 is 1. The summed E-state index contributed by atoms with van der Waals surface area (Å²) in [6, 6.07) is 23.0. The lowest BCUT2D eigenvalue weighted by Crippen LogP contribution is -2.42. The average Bonchev–Trinajstić information content (AvgIpc) is 2.92. The molecule has 0 aliphatic carbocycles. The van der Waals surface area contributed by atoms with E-state index >= 15 is 0 Å². The van der Waals surface area contributed by atoms with Crippen molar-refractivity contribution in [2.24, 2.45) is 11.0 Å². The van der Waals surface area contributed by atoms with E-state index in [-0.39, 0.29) is 17.7 Å². The summed E-state index contributed by atoms with van der Waals surface area (Å²) in [4.78, 5) is 27.2. The van der Waals surface area contributed by atoms with Crippen LogP contribution in [0.2, 0.25) is 0 Å². The smallest absolute Gasteiger partial charge is 0.254 e. The van der Waals surface area contributed by atoms with E-state index < -0.39 is 0 Å². The fourth-order valence-corrected chi connectivity index (χ4v) is 4.21. The molecular formula is C29H31N3O4. The second kappa shape index (κ2) is 12.0. The number of hydrazone groups is 1. The van der Waals surface area contributed by atoms with Crippen LogP contribution in [0, 0.1) is 12.8 Å². The molecule has 0 aromatic heterocycles. The molecule has 7 nitrogen and oxygen atoms in total. The van der Waals surface area contributed by atoms with Gasteiger partial charge in [0, 0.05) is 24.6 Å². The van der Waals surface area contributed by atoms with Crippen molar-refractivity contribution >= 4 is 18.0 Å². The van der Waals surface area contributed by atoms with Gasteiger partial charge >= 0.3 is 0 Å². The molecule has 2 amide bonds. The predicted molar refractivity (Wildman–Crippen MR) is 139 cm³/mol. The van der Waals surface area contributed by atoms with Crippen molar-refractivity contribution in [3.05, 3.63) is 95.1 Å². The van der Waals surface area contributed by atoms with E-state index in [1.165, 1.54) is 0 Å². The summed E-state index contributed by atoms with van der Waals surface area (Å²) in [6.45, 7) is 3.48. The molecule has 7 heteroatoms. The van der Waals surface area contributed by atoms with E-state index in [0.717, 1.165) is 22.3 Å². The number of likely N-dealkylation sites (tertiary alicyclic amines) is 1. The van der Waals surface area contributed by atoms with E-state index in [0.29, 0.717) is 44.0 Å². The number of nitrogens with one attached hydrogen (secondary N) is 1. The van der Waals surface area contributed by atoms with Gasteiger partial charge in [0.15, 0.2) is 11.5 Å². The number of carbonyl (C=O) groups is 2. The van der Waals surface area contributed by atoms with Gasteiger partial charge in [-0.1, -0.05) is 48.5 Å². The highest BCUT2D eigenvalue weighted by atomic mass is 16.5.